The zero-order valence-electron chi connectivity index (χ0n) is 17.4. The van der Waals surface area contributed by atoms with Gasteiger partial charge in [-0.05, 0) is 44.2 Å². The van der Waals surface area contributed by atoms with Gasteiger partial charge in [-0.3, -0.25) is 19.1 Å². The van der Waals surface area contributed by atoms with E-state index < -0.39 is 0 Å². The molecular weight excluding hydrogens is 416 g/mol. The zero-order chi connectivity index (χ0) is 21.8. The molecule has 2 saturated heterocycles. The van der Waals surface area contributed by atoms with E-state index in [9.17, 15) is 14.9 Å². The number of piperidine rings is 1. The van der Waals surface area contributed by atoms with Crippen molar-refractivity contribution in [3.8, 4) is 6.07 Å². The number of carbonyl (C=O) groups excluding carboxylic acids is 1. The van der Waals surface area contributed by atoms with Crippen molar-refractivity contribution in [3.63, 3.8) is 0 Å². The van der Waals surface area contributed by atoms with Crippen molar-refractivity contribution >= 4 is 46.1 Å². The van der Waals surface area contributed by atoms with Crippen molar-refractivity contribution in [2.24, 2.45) is 0 Å². The standard InChI is InChI=1S/C22H26N4O2S2/c1-4-9-25-19(24-11-7-6-8-12-24)16(15(3)17(14-23)20(25)27)13-18-21(28)26(10-5-2)22(29)30-18/h5,13H,2,4,6-12H2,1,3H3/b18-13+. The first-order valence-electron chi connectivity index (χ1n) is 10.2. The maximum Gasteiger partial charge on any atom is 0.270 e. The molecule has 0 aliphatic carbocycles. The average Bonchev–Trinajstić information content (AvgIpc) is 3.00. The number of hydrogen-bond donors (Lipinski definition) is 0. The van der Waals surface area contributed by atoms with Gasteiger partial charge in [-0.25, -0.2) is 0 Å². The van der Waals surface area contributed by atoms with Crippen molar-refractivity contribution < 1.29 is 4.79 Å². The van der Waals surface area contributed by atoms with Crippen LogP contribution in [0.4, 0.5) is 5.82 Å². The number of amides is 1. The van der Waals surface area contributed by atoms with E-state index in [1.807, 2.05) is 13.0 Å². The van der Waals surface area contributed by atoms with Crippen LogP contribution in [0.2, 0.25) is 0 Å². The van der Waals surface area contributed by atoms with Gasteiger partial charge in [-0.1, -0.05) is 37.0 Å². The van der Waals surface area contributed by atoms with E-state index in [-0.39, 0.29) is 17.0 Å². The third-order valence-corrected chi connectivity index (χ3v) is 6.79. The molecule has 0 radical (unpaired) electrons. The van der Waals surface area contributed by atoms with Gasteiger partial charge < -0.3 is 4.90 Å². The van der Waals surface area contributed by atoms with E-state index in [1.165, 1.54) is 23.1 Å². The summed E-state index contributed by atoms with van der Waals surface area (Å²) in [5.74, 6) is 0.646. The number of nitrogens with zero attached hydrogens (tertiary/aromatic N) is 4. The van der Waals surface area contributed by atoms with Gasteiger partial charge in [0.05, 0.1) is 4.91 Å². The molecule has 2 fully saturated rings. The summed E-state index contributed by atoms with van der Waals surface area (Å²) in [5, 5.41) is 9.67. The highest BCUT2D eigenvalue weighted by Gasteiger charge is 2.32. The monoisotopic (exact) mass is 442 g/mol. The van der Waals surface area contributed by atoms with E-state index >= 15 is 0 Å². The number of aromatic nitrogens is 1. The van der Waals surface area contributed by atoms with E-state index in [4.69, 9.17) is 12.2 Å². The van der Waals surface area contributed by atoms with Gasteiger partial charge in [-0.2, -0.15) is 5.26 Å². The fourth-order valence-electron chi connectivity index (χ4n) is 3.94. The molecule has 0 spiro atoms. The summed E-state index contributed by atoms with van der Waals surface area (Å²) in [6.45, 7) is 10.1. The second kappa shape index (κ2) is 9.63. The Morgan fingerprint density at radius 1 is 1.27 bits per heavy atom. The first-order valence-corrected chi connectivity index (χ1v) is 11.5. The van der Waals surface area contributed by atoms with Gasteiger partial charge >= 0.3 is 0 Å². The second-order valence-corrected chi connectivity index (χ2v) is 9.11. The second-order valence-electron chi connectivity index (χ2n) is 7.43. The van der Waals surface area contributed by atoms with Crippen LogP contribution in [0.1, 0.15) is 49.3 Å². The normalized spacial score (nSPS) is 18.2. The molecule has 158 valence electrons. The molecule has 0 saturated carbocycles. The quantitative estimate of drug-likeness (QED) is 0.379. The van der Waals surface area contributed by atoms with Crippen molar-refractivity contribution in [3.05, 3.63) is 44.6 Å². The molecule has 1 amide bonds. The van der Waals surface area contributed by atoms with Gasteiger partial charge in [0.1, 0.15) is 21.8 Å². The number of nitriles is 1. The summed E-state index contributed by atoms with van der Waals surface area (Å²) in [7, 11) is 0. The van der Waals surface area contributed by atoms with E-state index in [1.54, 1.807) is 17.6 Å². The molecule has 1 aromatic heterocycles. The van der Waals surface area contributed by atoms with Gasteiger partial charge in [0.25, 0.3) is 11.5 Å². The summed E-state index contributed by atoms with van der Waals surface area (Å²) in [5.41, 5.74) is 1.26. The summed E-state index contributed by atoms with van der Waals surface area (Å²) < 4.78 is 2.21. The molecule has 30 heavy (non-hydrogen) atoms. The third kappa shape index (κ3) is 4.09. The predicted molar refractivity (Wildman–Crippen MR) is 127 cm³/mol. The Hall–Kier alpha value is -2.37. The van der Waals surface area contributed by atoms with E-state index in [0.717, 1.165) is 43.7 Å². The smallest absolute Gasteiger partial charge is 0.270 e. The van der Waals surface area contributed by atoms with Crippen LogP contribution in [0.15, 0.2) is 22.4 Å². The lowest BCUT2D eigenvalue weighted by Crippen LogP contribution is -2.37. The van der Waals surface area contributed by atoms with Crippen LogP contribution >= 0.6 is 24.0 Å². The Balaban J connectivity index is 2.24. The highest BCUT2D eigenvalue weighted by Crippen LogP contribution is 2.36. The molecule has 1 aromatic rings. The molecule has 2 aliphatic heterocycles. The van der Waals surface area contributed by atoms with Crippen molar-refractivity contribution in [2.75, 3.05) is 24.5 Å². The van der Waals surface area contributed by atoms with E-state index in [0.29, 0.717) is 27.9 Å². The number of carbonyl (C=O) groups is 1. The SMILES string of the molecule is C=CCN1C(=O)/C(=C\c2c(C)c(C#N)c(=O)n(CCC)c2N2CCCCC2)SC1=S. The number of rotatable bonds is 6. The fourth-order valence-corrected chi connectivity index (χ4v) is 5.20. The minimum Gasteiger partial charge on any atom is -0.357 e. The lowest BCUT2D eigenvalue weighted by molar-refractivity contribution is -0.121. The lowest BCUT2D eigenvalue weighted by Gasteiger charge is -2.33. The summed E-state index contributed by atoms with van der Waals surface area (Å²) in [6.07, 6.45) is 7.51. The van der Waals surface area contributed by atoms with Crippen molar-refractivity contribution in [1.82, 2.24) is 9.47 Å². The van der Waals surface area contributed by atoms with Crippen LogP contribution in [-0.4, -0.2) is 39.3 Å². The largest absolute Gasteiger partial charge is 0.357 e. The van der Waals surface area contributed by atoms with Crippen LogP contribution in [0.25, 0.3) is 6.08 Å². The minimum atomic E-state index is -0.256. The molecule has 0 bridgehead atoms. The average molecular weight is 443 g/mol. The van der Waals surface area contributed by atoms with Gasteiger partial charge in [-0.15, -0.1) is 6.58 Å². The highest BCUT2D eigenvalue weighted by molar-refractivity contribution is 8.26. The number of thiocarbonyl (C=S) groups is 1. The minimum absolute atomic E-state index is 0.136. The predicted octanol–water partition coefficient (Wildman–Crippen LogP) is 3.82. The third-order valence-electron chi connectivity index (χ3n) is 5.41. The molecule has 6 nitrogen and oxygen atoms in total. The molecule has 0 atom stereocenters. The summed E-state index contributed by atoms with van der Waals surface area (Å²) in [6, 6.07) is 2.08. The Morgan fingerprint density at radius 3 is 2.57 bits per heavy atom. The first-order chi connectivity index (χ1) is 14.4. The van der Waals surface area contributed by atoms with Crippen molar-refractivity contribution in [1.29, 1.82) is 5.26 Å². The van der Waals surface area contributed by atoms with Crippen molar-refractivity contribution in [2.45, 2.75) is 46.1 Å². The molecule has 3 rings (SSSR count). The molecule has 0 N–H and O–H groups in total. The maximum absolute atomic E-state index is 13.1. The van der Waals surface area contributed by atoms with E-state index in [2.05, 4.69) is 17.5 Å². The number of anilines is 1. The van der Waals surface area contributed by atoms with Crippen LogP contribution < -0.4 is 10.5 Å². The molecule has 2 aliphatic rings. The van der Waals surface area contributed by atoms with Gasteiger partial charge in [0.2, 0.25) is 0 Å². The van der Waals surface area contributed by atoms with Crippen LogP contribution in [0, 0.1) is 18.3 Å². The Kier molecular flexibility index (Phi) is 7.16. The number of thioether (sulfide) groups is 1. The topological polar surface area (TPSA) is 69.3 Å². The Bertz CT molecular complexity index is 1010. The fraction of sp³-hybridized carbons (Fsp3) is 0.455. The van der Waals surface area contributed by atoms with Crippen LogP contribution in [0.3, 0.4) is 0 Å². The Morgan fingerprint density at radius 2 is 1.97 bits per heavy atom. The summed E-state index contributed by atoms with van der Waals surface area (Å²) in [4.78, 5) is 30.2. The molecule has 0 unspecified atom stereocenters. The number of hydrogen-bond acceptors (Lipinski definition) is 6. The maximum atomic E-state index is 13.1. The Labute approximate surface area is 186 Å². The highest BCUT2D eigenvalue weighted by atomic mass is 32.2. The molecule has 3 heterocycles. The molecular formula is C22H26N4O2S2. The lowest BCUT2D eigenvalue weighted by atomic mass is 10.0. The van der Waals surface area contributed by atoms with Gasteiger partial charge in [0.15, 0.2) is 0 Å². The van der Waals surface area contributed by atoms with Gasteiger partial charge in [0, 0.05) is 31.7 Å². The van der Waals surface area contributed by atoms with Crippen LogP contribution in [0.5, 0.6) is 0 Å². The van der Waals surface area contributed by atoms with Crippen LogP contribution in [-0.2, 0) is 11.3 Å². The zero-order valence-corrected chi connectivity index (χ0v) is 19.1. The summed E-state index contributed by atoms with van der Waals surface area (Å²) >= 11 is 6.62. The first kappa shape index (κ1) is 22.3. The molecule has 8 heteroatoms. The molecule has 0 aromatic carbocycles. The number of pyridine rings is 1.